The summed E-state index contributed by atoms with van der Waals surface area (Å²) in [6.07, 6.45) is 0.686. The van der Waals surface area contributed by atoms with E-state index >= 15 is 0 Å². The van der Waals surface area contributed by atoms with Gasteiger partial charge in [0.2, 0.25) is 5.91 Å². The van der Waals surface area contributed by atoms with Gasteiger partial charge in [-0.15, -0.1) is 0 Å². The van der Waals surface area contributed by atoms with E-state index in [4.69, 9.17) is 4.42 Å². The van der Waals surface area contributed by atoms with Gasteiger partial charge in [-0.25, -0.2) is 9.18 Å². The molecular weight excluding hydrogens is 433 g/mol. The molecule has 0 unspecified atom stereocenters. The summed E-state index contributed by atoms with van der Waals surface area (Å²) in [5, 5.41) is 2.70. The second kappa shape index (κ2) is 12.0. The Balaban J connectivity index is 1.73. The fourth-order valence-corrected chi connectivity index (χ4v) is 3.65. The van der Waals surface area contributed by atoms with Crippen LogP contribution in [-0.4, -0.2) is 41.4 Å². The number of benzene rings is 2. The van der Waals surface area contributed by atoms with Crippen molar-refractivity contribution >= 4 is 17.6 Å². The van der Waals surface area contributed by atoms with Gasteiger partial charge >= 0.3 is 6.03 Å². The van der Waals surface area contributed by atoms with E-state index in [1.807, 2.05) is 63.2 Å². The van der Waals surface area contributed by atoms with Gasteiger partial charge in [-0.2, -0.15) is 0 Å². The number of halogens is 1. The number of furan rings is 1. The fourth-order valence-electron chi connectivity index (χ4n) is 3.65. The predicted octanol–water partition coefficient (Wildman–Crippen LogP) is 5.49. The molecular formula is C27H32FN3O3. The van der Waals surface area contributed by atoms with E-state index in [1.54, 1.807) is 11.0 Å². The van der Waals surface area contributed by atoms with Gasteiger partial charge in [-0.05, 0) is 55.2 Å². The van der Waals surface area contributed by atoms with E-state index in [0.29, 0.717) is 37.5 Å². The van der Waals surface area contributed by atoms with Crippen LogP contribution < -0.4 is 5.32 Å². The number of hydrogen-bond acceptors (Lipinski definition) is 3. The Morgan fingerprint density at radius 2 is 1.76 bits per heavy atom. The van der Waals surface area contributed by atoms with Crippen molar-refractivity contribution in [2.75, 3.05) is 25.0 Å². The average Bonchev–Trinajstić information content (AvgIpc) is 3.21. The first kappa shape index (κ1) is 25.0. The topological polar surface area (TPSA) is 65.8 Å². The number of carbonyl (C=O) groups is 2. The molecule has 2 aromatic carbocycles. The maximum atomic E-state index is 13.5. The first-order chi connectivity index (χ1) is 16.3. The minimum absolute atomic E-state index is 0.0895. The number of anilines is 1. The van der Waals surface area contributed by atoms with Crippen molar-refractivity contribution in [2.24, 2.45) is 5.92 Å². The van der Waals surface area contributed by atoms with Crippen LogP contribution in [0.15, 0.2) is 71.1 Å². The number of urea groups is 1. The van der Waals surface area contributed by atoms with Crippen molar-refractivity contribution in [2.45, 2.75) is 33.7 Å². The Morgan fingerprint density at radius 1 is 1.00 bits per heavy atom. The summed E-state index contributed by atoms with van der Waals surface area (Å²) in [5.74, 6) is 1.00. The summed E-state index contributed by atoms with van der Waals surface area (Å²) in [6.45, 7) is 6.93. The van der Waals surface area contributed by atoms with Crippen molar-refractivity contribution in [3.63, 3.8) is 0 Å². The molecule has 0 spiro atoms. The normalized spacial score (nSPS) is 10.9. The van der Waals surface area contributed by atoms with Gasteiger partial charge in [0, 0.05) is 18.8 Å². The van der Waals surface area contributed by atoms with Gasteiger partial charge in [0.25, 0.3) is 0 Å². The highest BCUT2D eigenvalue weighted by molar-refractivity contribution is 5.92. The fraction of sp³-hybridized carbons (Fsp3) is 0.333. The lowest BCUT2D eigenvalue weighted by molar-refractivity contribution is -0.132. The lowest BCUT2D eigenvalue weighted by Crippen LogP contribution is -2.46. The number of carbonyl (C=O) groups excluding carboxylic acids is 2. The highest BCUT2D eigenvalue weighted by Crippen LogP contribution is 2.14. The first-order valence-electron chi connectivity index (χ1n) is 11.5. The Labute approximate surface area is 200 Å². The highest BCUT2D eigenvalue weighted by Gasteiger charge is 2.23. The molecule has 1 aromatic heterocycles. The summed E-state index contributed by atoms with van der Waals surface area (Å²) >= 11 is 0. The van der Waals surface area contributed by atoms with E-state index in [9.17, 15) is 14.0 Å². The molecule has 0 saturated heterocycles. The second-order valence-corrected chi connectivity index (χ2v) is 8.78. The van der Waals surface area contributed by atoms with Crippen LogP contribution in [0.1, 0.15) is 30.9 Å². The van der Waals surface area contributed by atoms with Crippen LogP contribution in [0.25, 0.3) is 0 Å². The average molecular weight is 466 g/mol. The van der Waals surface area contributed by atoms with Gasteiger partial charge in [-0.3, -0.25) is 4.79 Å². The van der Waals surface area contributed by atoms with Crippen molar-refractivity contribution < 1.29 is 18.4 Å². The molecule has 0 radical (unpaired) electrons. The first-order valence-corrected chi connectivity index (χ1v) is 11.5. The molecule has 34 heavy (non-hydrogen) atoms. The third kappa shape index (κ3) is 7.76. The molecule has 0 fully saturated rings. The van der Waals surface area contributed by atoms with Crippen LogP contribution in [0.2, 0.25) is 0 Å². The smallest absolute Gasteiger partial charge is 0.322 e. The van der Waals surface area contributed by atoms with E-state index in [1.165, 1.54) is 23.1 Å². The zero-order valence-electron chi connectivity index (χ0n) is 20.0. The third-order valence-electron chi connectivity index (χ3n) is 5.28. The Hall–Kier alpha value is -3.61. The number of hydrogen-bond donors (Lipinski definition) is 1. The lowest BCUT2D eigenvalue weighted by atomic mass is 10.1. The van der Waals surface area contributed by atoms with Crippen LogP contribution in [0.3, 0.4) is 0 Å². The number of nitrogens with one attached hydrogen (secondary N) is 1. The molecule has 1 N–H and O–H groups in total. The van der Waals surface area contributed by atoms with Crippen LogP contribution in [-0.2, 0) is 17.8 Å². The maximum absolute atomic E-state index is 13.5. The summed E-state index contributed by atoms with van der Waals surface area (Å²) in [7, 11) is 0. The van der Waals surface area contributed by atoms with Crippen LogP contribution in [0.4, 0.5) is 14.9 Å². The summed E-state index contributed by atoms with van der Waals surface area (Å²) < 4.78 is 19.2. The van der Waals surface area contributed by atoms with Crippen LogP contribution in [0.5, 0.6) is 0 Å². The van der Waals surface area contributed by atoms with Crippen molar-refractivity contribution in [3.05, 3.63) is 89.6 Å². The molecule has 0 aliphatic heterocycles. The van der Waals surface area contributed by atoms with Gasteiger partial charge in [0.15, 0.2) is 0 Å². The zero-order valence-corrected chi connectivity index (χ0v) is 20.0. The minimum Gasteiger partial charge on any atom is -0.464 e. The van der Waals surface area contributed by atoms with Crippen molar-refractivity contribution in [1.82, 2.24) is 9.80 Å². The van der Waals surface area contributed by atoms with E-state index < -0.39 is 11.8 Å². The summed E-state index contributed by atoms with van der Waals surface area (Å²) in [6, 6.07) is 18.9. The van der Waals surface area contributed by atoms with Gasteiger partial charge < -0.3 is 19.5 Å². The van der Waals surface area contributed by atoms with E-state index in [-0.39, 0.29) is 18.4 Å². The number of rotatable bonds is 10. The quantitative estimate of drug-likeness (QED) is 0.431. The molecule has 1 heterocycles. The van der Waals surface area contributed by atoms with Crippen LogP contribution in [0, 0.1) is 18.7 Å². The molecule has 0 aliphatic rings. The number of aryl methyl sites for hydroxylation is 1. The van der Waals surface area contributed by atoms with E-state index in [0.717, 1.165) is 11.3 Å². The SMILES string of the molecule is Cc1ccc(CN(CCc2ccccc2)C(=O)CN(CC(C)C)C(=O)Nc2cccc(F)c2)o1. The van der Waals surface area contributed by atoms with Crippen LogP contribution >= 0.6 is 0 Å². The number of nitrogens with zero attached hydrogens (tertiary/aromatic N) is 2. The number of amides is 3. The van der Waals surface area contributed by atoms with Crippen molar-refractivity contribution in [3.8, 4) is 0 Å². The maximum Gasteiger partial charge on any atom is 0.322 e. The Bertz CT molecular complexity index is 1080. The molecule has 6 nitrogen and oxygen atoms in total. The molecule has 0 atom stereocenters. The molecule has 3 rings (SSSR count). The monoisotopic (exact) mass is 465 g/mol. The standard InChI is InChI=1S/C27H32FN3O3/c1-20(2)17-31(27(33)29-24-11-7-10-23(28)16-24)19-26(32)30(18-25-13-12-21(3)34-25)15-14-22-8-5-4-6-9-22/h4-13,16,20H,14-15,17-19H2,1-3H3,(H,29,33). The Morgan fingerprint density at radius 3 is 2.41 bits per heavy atom. The molecule has 3 amide bonds. The molecule has 0 saturated carbocycles. The zero-order chi connectivity index (χ0) is 24.5. The minimum atomic E-state index is -0.440. The molecule has 7 heteroatoms. The van der Waals surface area contributed by atoms with Crippen molar-refractivity contribution in [1.29, 1.82) is 0 Å². The summed E-state index contributed by atoms with van der Waals surface area (Å²) in [5.41, 5.74) is 1.47. The third-order valence-corrected chi connectivity index (χ3v) is 5.28. The van der Waals surface area contributed by atoms with Gasteiger partial charge in [0.1, 0.15) is 23.9 Å². The molecule has 180 valence electrons. The van der Waals surface area contributed by atoms with E-state index in [2.05, 4.69) is 5.32 Å². The predicted molar refractivity (Wildman–Crippen MR) is 131 cm³/mol. The highest BCUT2D eigenvalue weighted by atomic mass is 19.1. The molecule has 0 bridgehead atoms. The second-order valence-electron chi connectivity index (χ2n) is 8.78. The molecule has 0 aliphatic carbocycles. The summed E-state index contributed by atoms with van der Waals surface area (Å²) in [4.78, 5) is 29.5. The Kier molecular flexibility index (Phi) is 8.85. The largest absolute Gasteiger partial charge is 0.464 e. The molecule has 3 aromatic rings. The van der Waals surface area contributed by atoms with Gasteiger partial charge in [0.05, 0.1) is 6.54 Å². The van der Waals surface area contributed by atoms with Gasteiger partial charge in [-0.1, -0.05) is 50.2 Å². The lowest BCUT2D eigenvalue weighted by Gasteiger charge is -2.28.